The maximum Gasteiger partial charge on any atom is 0.310 e. The Kier molecular flexibility index (Phi) is 4.86. The van der Waals surface area contributed by atoms with Gasteiger partial charge in [-0.15, -0.1) is 0 Å². The van der Waals surface area contributed by atoms with Gasteiger partial charge in [-0.05, 0) is 29.8 Å². The van der Waals surface area contributed by atoms with E-state index in [2.05, 4.69) is 4.99 Å². The van der Waals surface area contributed by atoms with Crippen LogP contribution in [0, 0.1) is 10.1 Å². The fourth-order valence-corrected chi connectivity index (χ4v) is 2.84. The van der Waals surface area contributed by atoms with Crippen LogP contribution in [0.25, 0.3) is 6.08 Å². The fourth-order valence-electron chi connectivity index (χ4n) is 2.84. The number of carbonyl (C=O) groups excluding carboxylic acids is 1. The first-order chi connectivity index (χ1) is 14.1. The molecule has 1 aliphatic heterocycles. The number of aliphatic imine (C=N–C) groups is 1. The van der Waals surface area contributed by atoms with E-state index >= 15 is 0 Å². The first-order valence-corrected chi connectivity index (χ1v) is 8.79. The lowest BCUT2D eigenvalue weighted by Gasteiger charge is -2.17. The van der Waals surface area contributed by atoms with Crippen molar-refractivity contribution in [3.8, 4) is 5.75 Å². The van der Waals surface area contributed by atoms with E-state index in [1.165, 1.54) is 23.1 Å². The molecule has 0 spiro atoms. The van der Waals surface area contributed by atoms with Crippen molar-refractivity contribution in [3.63, 3.8) is 0 Å². The Hall–Kier alpha value is -4.26. The van der Waals surface area contributed by atoms with Gasteiger partial charge in [0.2, 0.25) is 0 Å². The molecule has 3 aromatic rings. The molecule has 3 aromatic carbocycles. The summed E-state index contributed by atoms with van der Waals surface area (Å²) in [6.45, 7) is 0. The molecule has 1 amide bonds. The third kappa shape index (κ3) is 3.89. The largest absolute Gasteiger partial charge is 0.425 e. The predicted molar refractivity (Wildman–Crippen MR) is 110 cm³/mol. The van der Waals surface area contributed by atoms with Crippen LogP contribution in [0.5, 0.6) is 5.75 Å². The van der Waals surface area contributed by atoms with Gasteiger partial charge in [0.25, 0.3) is 11.6 Å². The highest BCUT2D eigenvalue weighted by Gasteiger charge is 2.33. The van der Waals surface area contributed by atoms with Crippen molar-refractivity contribution in [2.75, 3.05) is 4.90 Å². The molecule has 4 rings (SSSR count). The van der Waals surface area contributed by atoms with E-state index in [0.29, 0.717) is 5.69 Å². The van der Waals surface area contributed by atoms with Crippen LogP contribution in [-0.4, -0.2) is 16.9 Å². The number of nitrogens with zero attached hydrogens (tertiary/aromatic N) is 3. The van der Waals surface area contributed by atoms with Crippen LogP contribution in [0.1, 0.15) is 5.56 Å². The van der Waals surface area contributed by atoms with Crippen LogP contribution >= 0.6 is 0 Å². The molecule has 0 unspecified atom stereocenters. The molecule has 1 heterocycles. The van der Waals surface area contributed by atoms with Gasteiger partial charge < -0.3 is 4.74 Å². The molecule has 7 heteroatoms. The maximum atomic E-state index is 13.0. The molecule has 0 saturated carbocycles. The smallest absolute Gasteiger partial charge is 0.310 e. The van der Waals surface area contributed by atoms with Crippen molar-refractivity contribution in [2.24, 2.45) is 4.99 Å². The second kappa shape index (κ2) is 7.77. The Balaban J connectivity index is 1.73. The Morgan fingerprint density at radius 1 is 0.931 bits per heavy atom. The molecule has 0 aliphatic carbocycles. The summed E-state index contributed by atoms with van der Waals surface area (Å²) in [4.78, 5) is 29.3. The SMILES string of the molecule is O=C1/C(=C\c2ccccc2)N=C(Oc2cccc([N+](=O)[O-])c2)N1c1ccccc1. The summed E-state index contributed by atoms with van der Waals surface area (Å²) in [5.74, 6) is -0.131. The zero-order valence-corrected chi connectivity index (χ0v) is 15.1. The summed E-state index contributed by atoms with van der Waals surface area (Å²) >= 11 is 0. The van der Waals surface area contributed by atoms with Crippen molar-refractivity contribution < 1.29 is 14.5 Å². The van der Waals surface area contributed by atoms with Gasteiger partial charge in [0, 0.05) is 6.07 Å². The van der Waals surface area contributed by atoms with Crippen molar-refractivity contribution in [1.82, 2.24) is 0 Å². The highest BCUT2D eigenvalue weighted by molar-refractivity contribution is 6.27. The average Bonchev–Trinajstić information content (AvgIpc) is 3.04. The minimum Gasteiger partial charge on any atom is -0.425 e. The monoisotopic (exact) mass is 385 g/mol. The number of nitro groups is 1. The van der Waals surface area contributed by atoms with Crippen LogP contribution in [0.3, 0.4) is 0 Å². The summed E-state index contributed by atoms with van der Waals surface area (Å²) in [7, 11) is 0. The van der Waals surface area contributed by atoms with E-state index in [9.17, 15) is 14.9 Å². The van der Waals surface area contributed by atoms with Gasteiger partial charge in [0.1, 0.15) is 11.4 Å². The Bertz CT molecular complexity index is 1130. The molecule has 0 radical (unpaired) electrons. The van der Waals surface area contributed by atoms with Gasteiger partial charge in [0.05, 0.1) is 16.7 Å². The van der Waals surface area contributed by atoms with E-state index in [0.717, 1.165) is 5.56 Å². The normalized spacial score (nSPS) is 14.8. The number of anilines is 1. The standard InChI is InChI=1S/C22H15N3O4/c26-21-20(14-16-8-3-1-4-9-16)23-22(24(21)17-10-5-2-6-11-17)29-19-13-7-12-18(15-19)25(27)28/h1-15H/b20-14+. The minimum atomic E-state index is -0.510. The zero-order valence-electron chi connectivity index (χ0n) is 15.1. The number of rotatable bonds is 4. The van der Waals surface area contributed by atoms with Crippen molar-refractivity contribution in [2.45, 2.75) is 0 Å². The van der Waals surface area contributed by atoms with Crippen LogP contribution in [0.15, 0.2) is 95.6 Å². The van der Waals surface area contributed by atoms with E-state index in [1.807, 2.05) is 36.4 Å². The molecule has 1 aliphatic rings. The molecule has 0 aromatic heterocycles. The number of amides is 1. The van der Waals surface area contributed by atoms with E-state index in [-0.39, 0.29) is 29.1 Å². The lowest BCUT2D eigenvalue weighted by atomic mass is 10.2. The highest BCUT2D eigenvalue weighted by Crippen LogP contribution is 2.27. The summed E-state index contributed by atoms with van der Waals surface area (Å²) < 4.78 is 5.78. The Morgan fingerprint density at radius 3 is 2.31 bits per heavy atom. The van der Waals surface area contributed by atoms with E-state index in [1.54, 1.807) is 36.4 Å². The number of amidine groups is 1. The summed E-state index contributed by atoms with van der Waals surface area (Å²) in [5, 5.41) is 11.0. The van der Waals surface area contributed by atoms with Gasteiger partial charge in [-0.25, -0.2) is 4.90 Å². The maximum absolute atomic E-state index is 13.0. The van der Waals surface area contributed by atoms with Crippen LogP contribution in [0.4, 0.5) is 11.4 Å². The van der Waals surface area contributed by atoms with Crippen molar-refractivity contribution in [3.05, 3.63) is 106 Å². The van der Waals surface area contributed by atoms with Crippen LogP contribution in [-0.2, 0) is 4.79 Å². The zero-order chi connectivity index (χ0) is 20.2. The van der Waals surface area contributed by atoms with Crippen LogP contribution in [0.2, 0.25) is 0 Å². The van der Waals surface area contributed by atoms with Gasteiger partial charge >= 0.3 is 6.02 Å². The number of non-ortho nitro benzene ring substituents is 1. The molecular formula is C22H15N3O4. The summed E-state index contributed by atoms with van der Waals surface area (Å²) in [6.07, 6.45) is 1.67. The van der Waals surface area contributed by atoms with Gasteiger partial charge in [-0.3, -0.25) is 14.9 Å². The van der Waals surface area contributed by atoms with Crippen molar-refractivity contribution in [1.29, 1.82) is 0 Å². The van der Waals surface area contributed by atoms with E-state index in [4.69, 9.17) is 4.74 Å². The Labute approximate surface area is 166 Å². The molecular weight excluding hydrogens is 370 g/mol. The number of para-hydroxylation sites is 1. The third-order valence-corrected chi connectivity index (χ3v) is 4.18. The van der Waals surface area contributed by atoms with Crippen LogP contribution < -0.4 is 9.64 Å². The molecule has 0 bridgehead atoms. The third-order valence-electron chi connectivity index (χ3n) is 4.18. The summed E-state index contributed by atoms with van der Waals surface area (Å²) in [5.41, 5.74) is 1.50. The summed E-state index contributed by atoms with van der Waals surface area (Å²) in [6, 6.07) is 24.1. The lowest BCUT2D eigenvalue weighted by Crippen LogP contribution is -2.35. The molecule has 0 N–H and O–H groups in total. The minimum absolute atomic E-state index is 0.0314. The van der Waals surface area contributed by atoms with Gasteiger partial charge in [-0.1, -0.05) is 54.6 Å². The molecule has 0 atom stereocenters. The first kappa shape index (κ1) is 18.1. The highest BCUT2D eigenvalue weighted by atomic mass is 16.6. The second-order valence-electron chi connectivity index (χ2n) is 6.17. The molecule has 7 nitrogen and oxygen atoms in total. The Morgan fingerprint density at radius 2 is 1.62 bits per heavy atom. The molecule has 0 saturated heterocycles. The lowest BCUT2D eigenvalue weighted by molar-refractivity contribution is -0.384. The average molecular weight is 385 g/mol. The molecule has 142 valence electrons. The van der Waals surface area contributed by atoms with E-state index < -0.39 is 4.92 Å². The number of hydrogen-bond donors (Lipinski definition) is 0. The van der Waals surface area contributed by atoms with Gasteiger partial charge in [-0.2, -0.15) is 4.99 Å². The molecule has 0 fully saturated rings. The number of benzene rings is 3. The quantitative estimate of drug-likeness (QED) is 0.378. The first-order valence-electron chi connectivity index (χ1n) is 8.79. The number of nitro benzene ring substituents is 1. The topological polar surface area (TPSA) is 85.0 Å². The molecule has 29 heavy (non-hydrogen) atoms. The number of hydrogen-bond acceptors (Lipinski definition) is 5. The number of carbonyl (C=O) groups is 1. The predicted octanol–water partition coefficient (Wildman–Crippen LogP) is 4.42. The second-order valence-corrected chi connectivity index (χ2v) is 6.17. The number of ether oxygens (including phenoxy) is 1. The fraction of sp³-hybridized carbons (Fsp3) is 0. The van der Waals surface area contributed by atoms with Gasteiger partial charge in [0.15, 0.2) is 0 Å². The van der Waals surface area contributed by atoms with Crippen molar-refractivity contribution >= 4 is 29.4 Å².